The zero-order valence-electron chi connectivity index (χ0n) is 11.5. The minimum absolute atomic E-state index is 0.582. The molecule has 0 spiro atoms. The summed E-state index contributed by atoms with van der Waals surface area (Å²) in [5.74, 6) is 1.50. The van der Waals surface area contributed by atoms with Gasteiger partial charge in [-0.15, -0.1) is 0 Å². The predicted molar refractivity (Wildman–Crippen MR) is 86.6 cm³/mol. The van der Waals surface area contributed by atoms with Gasteiger partial charge in [0.1, 0.15) is 29.0 Å². The maximum Gasteiger partial charge on any atom is 0.138 e. The highest BCUT2D eigenvalue weighted by Gasteiger charge is 2.13. The van der Waals surface area contributed by atoms with E-state index in [0.29, 0.717) is 16.5 Å². The van der Waals surface area contributed by atoms with Crippen LogP contribution in [0.2, 0.25) is 5.02 Å². The third kappa shape index (κ3) is 2.62. The molecule has 2 N–H and O–H groups in total. The summed E-state index contributed by atoms with van der Waals surface area (Å²) in [6, 6.07) is 3.65. The molecule has 0 radical (unpaired) electrons. The van der Waals surface area contributed by atoms with Crippen LogP contribution in [-0.4, -0.2) is 25.3 Å². The zero-order valence-corrected chi connectivity index (χ0v) is 13.1. The van der Waals surface area contributed by atoms with Crippen LogP contribution in [-0.2, 0) is 0 Å². The van der Waals surface area contributed by atoms with Gasteiger partial charge in [-0.3, -0.25) is 0 Å². The monoisotopic (exact) mass is 320 g/mol. The van der Waals surface area contributed by atoms with Gasteiger partial charge in [0.05, 0.1) is 22.4 Å². The molecule has 8 heteroatoms. The SMILES string of the molecule is CCNc1ncnc(Nc2c(Cl)ccc3nsnc23)c1C. The molecule has 0 amide bonds. The van der Waals surface area contributed by atoms with Gasteiger partial charge in [-0.1, -0.05) is 11.6 Å². The standard InChI is InChI=1S/C13H13ClN6S/c1-3-15-12-7(2)13(17-6-16-12)18-10-8(14)4-5-9-11(10)20-21-19-9/h4-6H,3H2,1-2H3,(H2,15,16,17,18). The van der Waals surface area contributed by atoms with Gasteiger partial charge >= 0.3 is 0 Å². The van der Waals surface area contributed by atoms with Crippen molar-refractivity contribution in [2.75, 3.05) is 17.2 Å². The summed E-state index contributed by atoms with van der Waals surface area (Å²) in [6.45, 7) is 4.77. The summed E-state index contributed by atoms with van der Waals surface area (Å²) in [6.07, 6.45) is 1.51. The van der Waals surface area contributed by atoms with Gasteiger partial charge in [-0.05, 0) is 26.0 Å². The number of halogens is 1. The number of fused-ring (bicyclic) bond motifs is 1. The number of benzene rings is 1. The third-order valence-corrected chi connectivity index (χ3v) is 3.91. The van der Waals surface area contributed by atoms with E-state index in [1.165, 1.54) is 6.33 Å². The van der Waals surface area contributed by atoms with Crippen molar-refractivity contribution < 1.29 is 0 Å². The molecule has 3 aromatic rings. The third-order valence-electron chi connectivity index (χ3n) is 3.05. The molecule has 2 aromatic heterocycles. The maximum absolute atomic E-state index is 6.28. The van der Waals surface area contributed by atoms with E-state index in [-0.39, 0.29) is 0 Å². The minimum atomic E-state index is 0.582. The fraction of sp³-hybridized carbons (Fsp3) is 0.231. The topological polar surface area (TPSA) is 75.6 Å². The molecule has 0 aliphatic rings. The maximum atomic E-state index is 6.28. The predicted octanol–water partition coefficient (Wildman–Crippen LogP) is 3.62. The number of rotatable bonds is 4. The fourth-order valence-corrected chi connectivity index (χ4v) is 2.73. The Balaban J connectivity index is 2.04. The van der Waals surface area contributed by atoms with E-state index in [9.17, 15) is 0 Å². The minimum Gasteiger partial charge on any atom is -0.370 e. The number of hydrogen-bond acceptors (Lipinski definition) is 7. The lowest BCUT2D eigenvalue weighted by molar-refractivity contribution is 1.08. The smallest absolute Gasteiger partial charge is 0.138 e. The van der Waals surface area contributed by atoms with Crippen LogP contribution in [0.1, 0.15) is 12.5 Å². The first kappa shape index (κ1) is 14.0. The molecule has 0 aliphatic heterocycles. The second-order valence-corrected chi connectivity index (χ2v) is 5.34. The van der Waals surface area contributed by atoms with Crippen LogP contribution in [0.4, 0.5) is 17.3 Å². The average Bonchev–Trinajstić information content (AvgIpc) is 2.95. The van der Waals surface area contributed by atoms with Gasteiger partial charge in [-0.25, -0.2) is 9.97 Å². The first-order chi connectivity index (χ1) is 10.2. The zero-order chi connectivity index (χ0) is 14.8. The van der Waals surface area contributed by atoms with Crippen LogP contribution in [0.15, 0.2) is 18.5 Å². The van der Waals surface area contributed by atoms with Crippen molar-refractivity contribution in [3.05, 3.63) is 29.0 Å². The number of nitrogens with one attached hydrogen (secondary N) is 2. The quantitative estimate of drug-likeness (QED) is 0.764. The molecule has 0 unspecified atom stereocenters. The van der Waals surface area contributed by atoms with E-state index >= 15 is 0 Å². The van der Waals surface area contributed by atoms with Gasteiger partial charge in [-0.2, -0.15) is 8.75 Å². The Kier molecular flexibility index (Phi) is 3.85. The first-order valence-corrected chi connectivity index (χ1v) is 7.54. The first-order valence-electron chi connectivity index (χ1n) is 6.44. The normalized spacial score (nSPS) is 10.8. The van der Waals surface area contributed by atoms with Gasteiger partial charge in [0, 0.05) is 12.1 Å². The molecule has 108 valence electrons. The highest BCUT2D eigenvalue weighted by atomic mass is 35.5. The molecule has 0 saturated heterocycles. The van der Waals surface area contributed by atoms with Crippen molar-refractivity contribution in [2.45, 2.75) is 13.8 Å². The summed E-state index contributed by atoms with van der Waals surface area (Å²) in [7, 11) is 0. The second-order valence-electron chi connectivity index (χ2n) is 4.41. The second kappa shape index (κ2) is 5.79. The average molecular weight is 321 g/mol. The van der Waals surface area contributed by atoms with Gasteiger partial charge in [0.25, 0.3) is 0 Å². The Morgan fingerprint density at radius 2 is 2.00 bits per heavy atom. The molecule has 1 aromatic carbocycles. The number of aromatic nitrogens is 4. The van der Waals surface area contributed by atoms with Gasteiger partial charge in [0.2, 0.25) is 0 Å². The van der Waals surface area contributed by atoms with E-state index in [1.54, 1.807) is 6.07 Å². The number of anilines is 3. The van der Waals surface area contributed by atoms with Crippen molar-refractivity contribution in [3.8, 4) is 0 Å². The molecule has 6 nitrogen and oxygen atoms in total. The fourth-order valence-electron chi connectivity index (χ4n) is 1.99. The number of hydrogen-bond donors (Lipinski definition) is 2. The Morgan fingerprint density at radius 1 is 1.19 bits per heavy atom. The summed E-state index contributed by atoms with van der Waals surface area (Å²) in [5, 5.41) is 7.03. The van der Waals surface area contributed by atoms with E-state index in [0.717, 1.165) is 40.7 Å². The molecule has 0 bridgehead atoms. The van der Waals surface area contributed by atoms with E-state index < -0.39 is 0 Å². The lowest BCUT2D eigenvalue weighted by Crippen LogP contribution is -2.05. The van der Waals surface area contributed by atoms with Crippen molar-refractivity contribution in [1.29, 1.82) is 0 Å². The summed E-state index contributed by atoms with van der Waals surface area (Å²) >= 11 is 7.44. The van der Waals surface area contributed by atoms with Crippen LogP contribution < -0.4 is 10.6 Å². The van der Waals surface area contributed by atoms with E-state index in [2.05, 4.69) is 29.3 Å². The van der Waals surface area contributed by atoms with E-state index in [1.807, 2.05) is 19.9 Å². The molecular formula is C13H13ClN6S. The largest absolute Gasteiger partial charge is 0.370 e. The van der Waals surface area contributed by atoms with Crippen molar-refractivity contribution in [1.82, 2.24) is 18.7 Å². The molecule has 0 atom stereocenters. The molecule has 0 saturated carbocycles. The van der Waals surface area contributed by atoms with Crippen molar-refractivity contribution in [2.24, 2.45) is 0 Å². The van der Waals surface area contributed by atoms with Gasteiger partial charge in [0.15, 0.2) is 0 Å². The van der Waals surface area contributed by atoms with Crippen LogP contribution in [0.25, 0.3) is 11.0 Å². The van der Waals surface area contributed by atoms with Gasteiger partial charge < -0.3 is 10.6 Å². The highest BCUT2D eigenvalue weighted by Crippen LogP contribution is 2.33. The molecular weight excluding hydrogens is 308 g/mol. The molecule has 3 rings (SSSR count). The number of nitrogens with zero attached hydrogens (tertiary/aromatic N) is 4. The van der Waals surface area contributed by atoms with Crippen LogP contribution in [0.3, 0.4) is 0 Å². The van der Waals surface area contributed by atoms with Crippen molar-refractivity contribution >= 4 is 51.7 Å². The Labute approximate surface area is 130 Å². The van der Waals surface area contributed by atoms with Crippen molar-refractivity contribution in [3.63, 3.8) is 0 Å². The molecule has 21 heavy (non-hydrogen) atoms. The molecule has 0 aliphatic carbocycles. The van der Waals surface area contributed by atoms with Crippen LogP contribution >= 0.6 is 23.3 Å². The van der Waals surface area contributed by atoms with Crippen LogP contribution in [0.5, 0.6) is 0 Å². The summed E-state index contributed by atoms with van der Waals surface area (Å²) in [5.41, 5.74) is 3.20. The summed E-state index contributed by atoms with van der Waals surface area (Å²) < 4.78 is 8.51. The summed E-state index contributed by atoms with van der Waals surface area (Å²) in [4.78, 5) is 8.51. The Hall–Kier alpha value is -1.99. The van der Waals surface area contributed by atoms with Crippen LogP contribution in [0, 0.1) is 6.92 Å². The molecule has 0 fully saturated rings. The highest BCUT2D eigenvalue weighted by molar-refractivity contribution is 7.00. The Bertz CT molecular complexity index is 787. The Morgan fingerprint density at radius 3 is 2.81 bits per heavy atom. The lowest BCUT2D eigenvalue weighted by Gasteiger charge is -2.13. The van der Waals surface area contributed by atoms with E-state index in [4.69, 9.17) is 11.6 Å². The lowest BCUT2D eigenvalue weighted by atomic mass is 10.2. The molecule has 2 heterocycles.